The Bertz CT molecular complexity index is 696. The summed E-state index contributed by atoms with van der Waals surface area (Å²) in [6.07, 6.45) is 1.55. The van der Waals surface area contributed by atoms with Crippen LogP contribution in [0.3, 0.4) is 0 Å². The quantitative estimate of drug-likeness (QED) is 0.620. The van der Waals surface area contributed by atoms with E-state index in [-0.39, 0.29) is 11.6 Å². The Kier molecular flexibility index (Phi) is 5.10. The molecule has 0 aliphatic heterocycles. The van der Waals surface area contributed by atoms with Gasteiger partial charge in [-0.3, -0.25) is 9.59 Å². The summed E-state index contributed by atoms with van der Waals surface area (Å²) >= 11 is 2.07. The summed E-state index contributed by atoms with van der Waals surface area (Å²) in [6, 6.07) is 16.3. The van der Waals surface area contributed by atoms with Gasteiger partial charge in [-0.1, -0.05) is 42.5 Å². The third kappa shape index (κ3) is 4.16. The molecule has 3 N–H and O–H groups in total. The molecule has 0 spiro atoms. The minimum Gasteiger partial charge on any atom is -0.364 e. The number of carbonyl (C=O) groups is 2. The number of primary amides is 1. The van der Waals surface area contributed by atoms with Crippen LogP contribution in [-0.2, 0) is 4.79 Å². The Morgan fingerprint density at radius 3 is 2.24 bits per heavy atom. The van der Waals surface area contributed by atoms with Gasteiger partial charge in [0, 0.05) is 3.57 Å². The van der Waals surface area contributed by atoms with Gasteiger partial charge >= 0.3 is 0 Å². The fraction of sp³-hybridized carbons (Fsp3) is 0. The summed E-state index contributed by atoms with van der Waals surface area (Å²) < 4.78 is 0.802. The molecular weight excluding hydrogens is 379 g/mol. The molecule has 0 aliphatic rings. The summed E-state index contributed by atoms with van der Waals surface area (Å²) in [4.78, 5) is 23.7. The number of hydrogen-bond acceptors (Lipinski definition) is 2. The highest BCUT2D eigenvalue weighted by atomic mass is 127. The molecule has 2 amide bonds. The van der Waals surface area contributed by atoms with Crippen molar-refractivity contribution in [3.05, 3.63) is 75.0 Å². The second-order valence-corrected chi connectivity index (χ2v) is 5.43. The molecule has 2 rings (SSSR count). The smallest absolute Gasteiger partial charge is 0.265 e. The zero-order valence-electron chi connectivity index (χ0n) is 11.0. The van der Waals surface area contributed by atoms with Crippen LogP contribution in [0.2, 0.25) is 0 Å². The predicted octanol–water partition coefficient (Wildman–Crippen LogP) is 2.55. The van der Waals surface area contributed by atoms with Crippen molar-refractivity contribution >= 4 is 40.5 Å². The molecule has 0 saturated heterocycles. The average Bonchev–Trinajstić information content (AvgIpc) is 2.48. The zero-order chi connectivity index (χ0) is 15.2. The van der Waals surface area contributed by atoms with E-state index in [0.29, 0.717) is 5.56 Å². The van der Waals surface area contributed by atoms with Crippen molar-refractivity contribution < 1.29 is 9.59 Å². The van der Waals surface area contributed by atoms with Crippen LogP contribution in [0.5, 0.6) is 0 Å². The van der Waals surface area contributed by atoms with Crippen molar-refractivity contribution in [1.29, 1.82) is 0 Å². The normalized spacial score (nSPS) is 11.0. The number of rotatable bonds is 4. The SMILES string of the molecule is NC(=O)/C(=C\c1ccccc1)NC(=O)c1ccccc1I. The molecule has 0 atom stereocenters. The summed E-state index contributed by atoms with van der Waals surface area (Å²) in [7, 11) is 0. The van der Waals surface area contributed by atoms with Crippen LogP contribution in [0.4, 0.5) is 0 Å². The molecule has 0 aromatic heterocycles. The first kappa shape index (κ1) is 15.2. The van der Waals surface area contributed by atoms with E-state index in [4.69, 9.17) is 5.73 Å². The van der Waals surface area contributed by atoms with Gasteiger partial charge in [-0.25, -0.2) is 0 Å². The fourth-order valence-corrected chi connectivity index (χ4v) is 2.35. The van der Waals surface area contributed by atoms with E-state index in [0.717, 1.165) is 9.13 Å². The lowest BCUT2D eigenvalue weighted by Crippen LogP contribution is -2.31. The van der Waals surface area contributed by atoms with Crippen molar-refractivity contribution in [2.75, 3.05) is 0 Å². The van der Waals surface area contributed by atoms with Crippen LogP contribution in [-0.4, -0.2) is 11.8 Å². The van der Waals surface area contributed by atoms with Gasteiger partial charge in [0.2, 0.25) is 0 Å². The largest absolute Gasteiger partial charge is 0.364 e. The highest BCUT2D eigenvalue weighted by molar-refractivity contribution is 14.1. The number of nitrogens with two attached hydrogens (primary N) is 1. The molecule has 5 heteroatoms. The van der Waals surface area contributed by atoms with E-state index in [2.05, 4.69) is 27.9 Å². The Morgan fingerprint density at radius 2 is 1.62 bits per heavy atom. The van der Waals surface area contributed by atoms with Crippen molar-refractivity contribution in [1.82, 2.24) is 5.32 Å². The number of hydrogen-bond donors (Lipinski definition) is 2. The van der Waals surface area contributed by atoms with Gasteiger partial charge in [-0.15, -0.1) is 0 Å². The number of amides is 2. The van der Waals surface area contributed by atoms with Crippen LogP contribution in [0, 0.1) is 3.57 Å². The molecule has 106 valence electrons. The first-order valence-corrected chi connectivity index (χ1v) is 7.28. The van der Waals surface area contributed by atoms with E-state index in [1.165, 1.54) is 0 Å². The lowest BCUT2D eigenvalue weighted by Gasteiger charge is -2.08. The van der Waals surface area contributed by atoms with E-state index in [1.54, 1.807) is 18.2 Å². The van der Waals surface area contributed by atoms with E-state index < -0.39 is 5.91 Å². The lowest BCUT2D eigenvalue weighted by atomic mass is 10.1. The molecule has 0 heterocycles. The summed E-state index contributed by atoms with van der Waals surface area (Å²) in [5.41, 5.74) is 6.67. The monoisotopic (exact) mass is 392 g/mol. The number of benzene rings is 2. The lowest BCUT2D eigenvalue weighted by molar-refractivity contribution is -0.114. The Morgan fingerprint density at radius 1 is 1.00 bits per heavy atom. The summed E-state index contributed by atoms with van der Waals surface area (Å²) in [5, 5.41) is 2.56. The van der Waals surface area contributed by atoms with Crippen molar-refractivity contribution in [3.8, 4) is 0 Å². The van der Waals surface area contributed by atoms with E-state index in [1.807, 2.05) is 42.5 Å². The van der Waals surface area contributed by atoms with Gasteiger partial charge in [0.1, 0.15) is 5.70 Å². The maximum atomic E-state index is 12.2. The number of halogens is 1. The summed E-state index contributed by atoms with van der Waals surface area (Å²) in [5.74, 6) is -1.04. The predicted molar refractivity (Wildman–Crippen MR) is 90.2 cm³/mol. The highest BCUT2D eigenvalue weighted by Crippen LogP contribution is 2.12. The van der Waals surface area contributed by atoms with Crippen molar-refractivity contribution in [2.45, 2.75) is 0 Å². The highest BCUT2D eigenvalue weighted by Gasteiger charge is 2.13. The topological polar surface area (TPSA) is 72.2 Å². The van der Waals surface area contributed by atoms with Crippen LogP contribution in [0.15, 0.2) is 60.3 Å². The van der Waals surface area contributed by atoms with Gasteiger partial charge in [0.25, 0.3) is 11.8 Å². The molecule has 2 aromatic carbocycles. The van der Waals surface area contributed by atoms with Crippen LogP contribution >= 0.6 is 22.6 Å². The zero-order valence-corrected chi connectivity index (χ0v) is 13.2. The minimum atomic E-state index is -0.682. The third-order valence-corrected chi connectivity index (χ3v) is 3.68. The first-order valence-electron chi connectivity index (χ1n) is 6.20. The van der Waals surface area contributed by atoms with Crippen LogP contribution in [0.25, 0.3) is 6.08 Å². The Hall–Kier alpha value is -2.15. The van der Waals surface area contributed by atoms with Gasteiger partial charge in [-0.2, -0.15) is 0 Å². The first-order chi connectivity index (χ1) is 10.1. The van der Waals surface area contributed by atoms with Crippen molar-refractivity contribution in [2.24, 2.45) is 5.73 Å². The number of nitrogens with one attached hydrogen (secondary N) is 1. The van der Waals surface area contributed by atoms with E-state index >= 15 is 0 Å². The van der Waals surface area contributed by atoms with Gasteiger partial charge in [0.05, 0.1) is 5.56 Å². The van der Waals surface area contributed by atoms with Crippen LogP contribution < -0.4 is 11.1 Å². The second-order valence-electron chi connectivity index (χ2n) is 4.27. The van der Waals surface area contributed by atoms with E-state index in [9.17, 15) is 9.59 Å². The molecule has 2 aromatic rings. The van der Waals surface area contributed by atoms with Gasteiger partial charge in [-0.05, 0) is 46.4 Å². The Labute approximate surface area is 136 Å². The second kappa shape index (κ2) is 7.03. The standard InChI is InChI=1S/C16H13IN2O2/c17-13-9-5-4-8-12(13)16(21)19-14(15(18)20)10-11-6-2-1-3-7-11/h1-10H,(H2,18,20)(H,19,21)/b14-10+. The maximum absolute atomic E-state index is 12.2. The molecule has 0 bridgehead atoms. The molecular formula is C16H13IN2O2. The molecule has 0 aliphatic carbocycles. The minimum absolute atomic E-state index is 0.0610. The number of carbonyl (C=O) groups excluding carboxylic acids is 2. The molecule has 4 nitrogen and oxygen atoms in total. The average molecular weight is 392 g/mol. The summed E-state index contributed by atoms with van der Waals surface area (Å²) in [6.45, 7) is 0. The molecule has 0 radical (unpaired) electrons. The third-order valence-electron chi connectivity index (χ3n) is 2.74. The van der Waals surface area contributed by atoms with Crippen LogP contribution in [0.1, 0.15) is 15.9 Å². The van der Waals surface area contributed by atoms with Gasteiger partial charge in [0.15, 0.2) is 0 Å². The molecule has 0 saturated carbocycles. The maximum Gasteiger partial charge on any atom is 0.265 e. The van der Waals surface area contributed by atoms with Gasteiger partial charge < -0.3 is 11.1 Å². The fourth-order valence-electron chi connectivity index (χ4n) is 1.72. The Balaban J connectivity index is 2.26. The van der Waals surface area contributed by atoms with Crippen molar-refractivity contribution in [3.63, 3.8) is 0 Å². The molecule has 0 unspecified atom stereocenters. The molecule has 0 fully saturated rings. The molecule has 21 heavy (non-hydrogen) atoms.